The predicted octanol–water partition coefficient (Wildman–Crippen LogP) is 2.37. The lowest BCUT2D eigenvalue weighted by Crippen LogP contribution is -2.34. The van der Waals surface area contributed by atoms with E-state index in [1.54, 1.807) is 23.0 Å². The molecule has 4 heterocycles. The largest absolute Gasteiger partial charge is 0.481 e. The van der Waals surface area contributed by atoms with Crippen molar-refractivity contribution in [3.05, 3.63) is 41.6 Å². The van der Waals surface area contributed by atoms with Crippen LogP contribution in [0.3, 0.4) is 0 Å². The molecule has 1 N–H and O–H groups in total. The fraction of sp³-hybridized carbons (Fsp3) is 0.389. The van der Waals surface area contributed by atoms with Crippen LogP contribution in [0.15, 0.2) is 24.4 Å². The Morgan fingerprint density at radius 1 is 1.30 bits per heavy atom. The lowest BCUT2D eigenvalue weighted by atomic mass is 10.1. The molecule has 0 aliphatic carbocycles. The minimum Gasteiger partial charge on any atom is -0.481 e. The third-order valence-electron chi connectivity index (χ3n) is 4.79. The molecule has 3 aromatic rings. The summed E-state index contributed by atoms with van der Waals surface area (Å²) in [5, 5.41) is 10.6. The Morgan fingerprint density at radius 2 is 2.10 bits per heavy atom. The first-order valence-electron chi connectivity index (χ1n) is 9.13. The van der Waals surface area contributed by atoms with E-state index >= 15 is 0 Å². The number of hydrogen-bond donors (Lipinski definition) is 1. The van der Waals surface area contributed by atoms with Gasteiger partial charge in [0.05, 0.1) is 13.2 Å². The third-order valence-corrected chi connectivity index (χ3v) is 4.79. The summed E-state index contributed by atoms with van der Waals surface area (Å²) < 4.78 is 46.4. The summed E-state index contributed by atoms with van der Waals surface area (Å²) in [6, 6.07) is 3.69. The van der Waals surface area contributed by atoms with Crippen LogP contribution in [0.1, 0.15) is 40.9 Å². The minimum absolute atomic E-state index is 0.182. The number of fused-ring (bicyclic) bond motifs is 1. The number of rotatable bonds is 4. The summed E-state index contributed by atoms with van der Waals surface area (Å²) in [6.45, 7) is 0.626. The molecule has 1 aliphatic rings. The number of alkyl halides is 3. The molecule has 1 atom stereocenters. The highest BCUT2D eigenvalue weighted by atomic mass is 19.4. The Hall–Kier alpha value is -3.44. The normalized spacial score (nSPS) is 16.2. The molecular weight excluding hydrogens is 403 g/mol. The zero-order valence-electron chi connectivity index (χ0n) is 16.1. The van der Waals surface area contributed by atoms with Gasteiger partial charge < -0.3 is 10.1 Å². The van der Waals surface area contributed by atoms with Crippen LogP contribution >= 0.6 is 0 Å². The van der Waals surface area contributed by atoms with Gasteiger partial charge in [0, 0.05) is 37.5 Å². The maximum Gasteiger partial charge on any atom is 0.435 e. The first-order valence-corrected chi connectivity index (χ1v) is 9.13. The van der Waals surface area contributed by atoms with Crippen molar-refractivity contribution < 1.29 is 22.7 Å². The molecule has 9 nitrogen and oxygen atoms in total. The van der Waals surface area contributed by atoms with Crippen LogP contribution < -0.4 is 10.1 Å². The maximum absolute atomic E-state index is 12.9. The van der Waals surface area contributed by atoms with Crippen molar-refractivity contribution in [3.8, 4) is 17.3 Å². The van der Waals surface area contributed by atoms with E-state index in [1.807, 2.05) is 0 Å². The standard InChI is InChI=1S/C18H18F3N7O2/c1-27-12(9-13(25-27)18(19,20)21)17(29)23-11-4-3-7-28-16(11)24-15(26-28)10-5-6-22-14(8-10)30-2/h5-6,8-9,11H,3-4,7H2,1-2H3,(H,23,29). The number of carbonyl (C=O) groups excluding carboxylic acids is 1. The average Bonchev–Trinajstić information content (AvgIpc) is 3.32. The lowest BCUT2D eigenvalue weighted by molar-refractivity contribution is -0.141. The lowest BCUT2D eigenvalue weighted by Gasteiger charge is -2.22. The van der Waals surface area contributed by atoms with Crippen LogP contribution in [0.25, 0.3) is 11.4 Å². The molecule has 12 heteroatoms. The molecule has 0 fully saturated rings. The molecule has 3 aromatic heterocycles. The topological polar surface area (TPSA) is 99.7 Å². The molecule has 4 rings (SSSR count). The van der Waals surface area contributed by atoms with Gasteiger partial charge >= 0.3 is 6.18 Å². The van der Waals surface area contributed by atoms with Crippen molar-refractivity contribution >= 4 is 5.91 Å². The van der Waals surface area contributed by atoms with Gasteiger partial charge in [-0.25, -0.2) is 14.6 Å². The van der Waals surface area contributed by atoms with Crippen LogP contribution in [-0.4, -0.2) is 42.5 Å². The first-order chi connectivity index (χ1) is 14.3. The van der Waals surface area contributed by atoms with E-state index in [0.29, 0.717) is 36.1 Å². The second-order valence-electron chi connectivity index (χ2n) is 6.81. The van der Waals surface area contributed by atoms with E-state index in [-0.39, 0.29) is 5.69 Å². The summed E-state index contributed by atoms with van der Waals surface area (Å²) in [4.78, 5) is 21.2. The zero-order valence-corrected chi connectivity index (χ0v) is 16.1. The van der Waals surface area contributed by atoms with E-state index < -0.39 is 23.8 Å². The van der Waals surface area contributed by atoms with E-state index in [4.69, 9.17) is 4.74 Å². The van der Waals surface area contributed by atoms with Gasteiger partial charge in [-0.2, -0.15) is 23.4 Å². The van der Waals surface area contributed by atoms with E-state index in [2.05, 4.69) is 25.5 Å². The van der Waals surface area contributed by atoms with Gasteiger partial charge in [-0.05, 0) is 18.9 Å². The van der Waals surface area contributed by atoms with Crippen LogP contribution in [0.5, 0.6) is 5.88 Å². The highest BCUT2D eigenvalue weighted by molar-refractivity contribution is 5.93. The van der Waals surface area contributed by atoms with Gasteiger partial charge in [-0.15, -0.1) is 0 Å². The Kier molecular flexibility index (Phi) is 4.92. The number of aryl methyl sites for hydroxylation is 2. The summed E-state index contributed by atoms with van der Waals surface area (Å²) in [5.74, 6) is 0.751. The molecule has 0 bridgehead atoms. The fourth-order valence-corrected chi connectivity index (χ4v) is 3.32. The summed E-state index contributed by atoms with van der Waals surface area (Å²) >= 11 is 0. The second-order valence-corrected chi connectivity index (χ2v) is 6.81. The summed E-state index contributed by atoms with van der Waals surface area (Å²) in [6.07, 6.45) is -1.72. The molecule has 1 amide bonds. The monoisotopic (exact) mass is 421 g/mol. The number of halogens is 3. The van der Waals surface area contributed by atoms with Crippen molar-refractivity contribution in [2.45, 2.75) is 31.6 Å². The van der Waals surface area contributed by atoms with Gasteiger partial charge in [0.15, 0.2) is 11.5 Å². The molecule has 0 aromatic carbocycles. The van der Waals surface area contributed by atoms with Gasteiger partial charge in [0.25, 0.3) is 5.91 Å². The number of nitrogens with zero attached hydrogens (tertiary/aromatic N) is 6. The zero-order chi connectivity index (χ0) is 21.5. The first kappa shape index (κ1) is 19.9. The van der Waals surface area contributed by atoms with Crippen molar-refractivity contribution in [1.82, 2.24) is 34.8 Å². The number of amides is 1. The number of nitrogens with one attached hydrogen (secondary N) is 1. The molecule has 1 aliphatic heterocycles. The molecule has 0 saturated heterocycles. The molecule has 1 unspecified atom stereocenters. The van der Waals surface area contributed by atoms with Crippen molar-refractivity contribution in [3.63, 3.8) is 0 Å². The Morgan fingerprint density at radius 3 is 2.80 bits per heavy atom. The number of carbonyl (C=O) groups is 1. The van der Waals surface area contributed by atoms with Crippen molar-refractivity contribution in [2.24, 2.45) is 7.05 Å². The van der Waals surface area contributed by atoms with E-state index in [1.165, 1.54) is 14.2 Å². The van der Waals surface area contributed by atoms with Crippen LogP contribution in [-0.2, 0) is 19.8 Å². The highest BCUT2D eigenvalue weighted by Gasteiger charge is 2.36. The Balaban J connectivity index is 1.59. The molecule has 158 valence electrons. The smallest absolute Gasteiger partial charge is 0.435 e. The number of pyridine rings is 1. The molecular formula is C18H18F3N7O2. The molecule has 0 radical (unpaired) electrons. The summed E-state index contributed by atoms with van der Waals surface area (Å²) in [7, 11) is 2.80. The minimum atomic E-state index is -4.62. The maximum atomic E-state index is 12.9. The number of ether oxygens (including phenoxy) is 1. The molecule has 30 heavy (non-hydrogen) atoms. The molecule has 0 saturated carbocycles. The van der Waals surface area contributed by atoms with Crippen LogP contribution in [0.4, 0.5) is 13.2 Å². The van der Waals surface area contributed by atoms with Crippen molar-refractivity contribution in [1.29, 1.82) is 0 Å². The van der Waals surface area contributed by atoms with Gasteiger partial charge in [0.2, 0.25) is 5.88 Å². The van der Waals surface area contributed by atoms with E-state index in [9.17, 15) is 18.0 Å². The Bertz CT molecular complexity index is 1090. The van der Waals surface area contributed by atoms with E-state index in [0.717, 1.165) is 17.2 Å². The van der Waals surface area contributed by atoms with Gasteiger partial charge in [-0.3, -0.25) is 9.48 Å². The third kappa shape index (κ3) is 3.72. The van der Waals surface area contributed by atoms with Crippen LogP contribution in [0.2, 0.25) is 0 Å². The Labute approximate surface area is 168 Å². The number of methoxy groups -OCH3 is 1. The number of hydrogen-bond acceptors (Lipinski definition) is 6. The predicted molar refractivity (Wildman–Crippen MR) is 97.5 cm³/mol. The van der Waals surface area contributed by atoms with Gasteiger partial charge in [0.1, 0.15) is 11.5 Å². The highest BCUT2D eigenvalue weighted by Crippen LogP contribution is 2.30. The van der Waals surface area contributed by atoms with Crippen LogP contribution in [0, 0.1) is 0 Å². The SMILES string of the molecule is COc1cc(-c2nc3n(n2)CCCC3NC(=O)c2cc(C(F)(F)F)nn2C)ccn1. The second kappa shape index (κ2) is 7.43. The summed E-state index contributed by atoms with van der Waals surface area (Å²) in [5.41, 5.74) is -0.593. The average molecular weight is 421 g/mol. The van der Waals surface area contributed by atoms with Crippen molar-refractivity contribution in [2.75, 3.05) is 7.11 Å². The quantitative estimate of drug-likeness (QED) is 0.694. The van der Waals surface area contributed by atoms with Gasteiger partial charge in [-0.1, -0.05) is 0 Å². The number of aromatic nitrogens is 6. The molecule has 0 spiro atoms. The fourth-order valence-electron chi connectivity index (χ4n) is 3.32.